The zero-order chi connectivity index (χ0) is 12.4. The molecule has 1 aromatic rings. The molecule has 17 heavy (non-hydrogen) atoms. The zero-order valence-corrected chi connectivity index (χ0v) is 9.53. The van der Waals surface area contributed by atoms with Crippen LogP contribution in [0.2, 0.25) is 0 Å². The Kier molecular flexibility index (Phi) is 3.16. The number of rotatable bonds is 2. The molecule has 1 heterocycles. The molecule has 1 N–H and O–H groups in total. The Morgan fingerprint density at radius 2 is 1.94 bits per heavy atom. The standard InChI is InChI=1S/C9H8FN3O3S/c1-16-12-8(14)11-17-13(9(12)15)7-4-2-6(10)3-5-7/h2-5H,1H3,(H,11,14). The molecule has 90 valence electrons. The van der Waals surface area contributed by atoms with Crippen molar-refractivity contribution in [1.29, 1.82) is 0 Å². The van der Waals surface area contributed by atoms with E-state index in [4.69, 9.17) is 0 Å². The molecular weight excluding hydrogens is 249 g/mol. The number of benzene rings is 1. The van der Waals surface area contributed by atoms with Crippen LogP contribution < -0.4 is 9.03 Å². The molecule has 0 aromatic heterocycles. The summed E-state index contributed by atoms with van der Waals surface area (Å²) in [6.07, 6.45) is 0. The van der Waals surface area contributed by atoms with Crippen LogP contribution in [-0.4, -0.2) is 24.2 Å². The second kappa shape index (κ2) is 4.60. The minimum absolute atomic E-state index is 0.407. The number of amides is 4. The number of urea groups is 2. The fourth-order valence-electron chi connectivity index (χ4n) is 1.24. The number of hydrogen-bond donors (Lipinski definition) is 1. The van der Waals surface area contributed by atoms with Crippen molar-refractivity contribution in [2.45, 2.75) is 0 Å². The lowest BCUT2D eigenvalue weighted by Gasteiger charge is -2.30. The highest BCUT2D eigenvalue weighted by Crippen LogP contribution is 2.25. The van der Waals surface area contributed by atoms with Crippen LogP contribution in [0.1, 0.15) is 0 Å². The summed E-state index contributed by atoms with van der Waals surface area (Å²) in [5, 5.41) is 0.569. The van der Waals surface area contributed by atoms with Gasteiger partial charge in [0, 0.05) is 0 Å². The van der Waals surface area contributed by atoms with E-state index in [0.717, 1.165) is 12.1 Å². The summed E-state index contributed by atoms with van der Waals surface area (Å²) in [6, 6.07) is 3.96. The maximum absolute atomic E-state index is 12.7. The van der Waals surface area contributed by atoms with Gasteiger partial charge < -0.3 is 0 Å². The SMILES string of the molecule is CON1C(=O)NSN(c2ccc(F)cc2)C1=O. The monoisotopic (exact) mass is 257 g/mol. The van der Waals surface area contributed by atoms with Crippen molar-refractivity contribution in [3.8, 4) is 0 Å². The predicted octanol–water partition coefficient (Wildman–Crippen LogP) is 1.90. The quantitative estimate of drug-likeness (QED) is 0.822. The van der Waals surface area contributed by atoms with Gasteiger partial charge in [-0.25, -0.2) is 18.3 Å². The molecule has 0 bridgehead atoms. The number of halogens is 1. The van der Waals surface area contributed by atoms with Crippen LogP contribution in [0.25, 0.3) is 0 Å². The Morgan fingerprint density at radius 1 is 1.29 bits per heavy atom. The average Bonchev–Trinajstić information content (AvgIpc) is 2.31. The van der Waals surface area contributed by atoms with Crippen LogP contribution in [0.4, 0.5) is 19.7 Å². The number of imide groups is 1. The van der Waals surface area contributed by atoms with Crippen molar-refractivity contribution >= 4 is 29.9 Å². The van der Waals surface area contributed by atoms with Gasteiger partial charge in [0.25, 0.3) is 0 Å². The van der Waals surface area contributed by atoms with Gasteiger partial charge >= 0.3 is 12.1 Å². The van der Waals surface area contributed by atoms with Gasteiger partial charge in [0.2, 0.25) is 0 Å². The summed E-state index contributed by atoms with van der Waals surface area (Å²) in [4.78, 5) is 27.7. The minimum Gasteiger partial charge on any atom is -0.264 e. The topological polar surface area (TPSA) is 61.9 Å². The summed E-state index contributed by atoms with van der Waals surface area (Å²) >= 11 is 0.798. The van der Waals surface area contributed by atoms with Gasteiger partial charge in [-0.2, -0.15) is 0 Å². The average molecular weight is 257 g/mol. The van der Waals surface area contributed by atoms with E-state index in [2.05, 4.69) is 9.56 Å². The molecule has 0 saturated carbocycles. The molecule has 1 saturated heterocycles. The van der Waals surface area contributed by atoms with Crippen molar-refractivity contribution in [3.05, 3.63) is 30.1 Å². The first-order valence-corrected chi connectivity index (χ1v) is 5.31. The third-order valence-corrected chi connectivity index (χ3v) is 2.82. The van der Waals surface area contributed by atoms with Gasteiger partial charge in [-0.3, -0.25) is 9.56 Å². The summed E-state index contributed by atoms with van der Waals surface area (Å²) in [5.41, 5.74) is 0.434. The third kappa shape index (κ3) is 2.17. The normalized spacial score (nSPS) is 16.1. The minimum atomic E-state index is -0.666. The van der Waals surface area contributed by atoms with E-state index in [0.29, 0.717) is 10.8 Å². The van der Waals surface area contributed by atoms with E-state index in [-0.39, 0.29) is 0 Å². The van der Waals surface area contributed by atoms with Crippen LogP contribution >= 0.6 is 12.1 Å². The van der Waals surface area contributed by atoms with E-state index >= 15 is 0 Å². The predicted molar refractivity (Wildman–Crippen MR) is 59.2 cm³/mol. The van der Waals surface area contributed by atoms with E-state index in [9.17, 15) is 14.0 Å². The van der Waals surface area contributed by atoms with E-state index in [1.165, 1.54) is 35.7 Å². The van der Waals surface area contributed by atoms with Crippen molar-refractivity contribution in [1.82, 2.24) is 9.79 Å². The lowest BCUT2D eigenvalue weighted by molar-refractivity contribution is -0.0424. The molecule has 1 aliphatic heterocycles. The molecule has 0 unspecified atom stereocenters. The fraction of sp³-hybridized carbons (Fsp3) is 0.111. The maximum Gasteiger partial charge on any atom is 0.368 e. The molecule has 1 fully saturated rings. The highest BCUT2D eigenvalue weighted by atomic mass is 32.2. The molecule has 0 radical (unpaired) electrons. The molecule has 0 atom stereocenters. The lowest BCUT2D eigenvalue weighted by Crippen LogP contribution is -2.52. The maximum atomic E-state index is 12.7. The highest BCUT2D eigenvalue weighted by Gasteiger charge is 2.34. The van der Waals surface area contributed by atoms with Gasteiger partial charge in [-0.15, -0.1) is 5.06 Å². The Hall–Kier alpha value is -1.80. The molecule has 6 nitrogen and oxygen atoms in total. The molecule has 0 spiro atoms. The summed E-state index contributed by atoms with van der Waals surface area (Å²) in [5.74, 6) is -0.407. The Labute approximate surface area is 101 Å². The number of anilines is 1. The van der Waals surface area contributed by atoms with Crippen LogP contribution in [0.15, 0.2) is 24.3 Å². The third-order valence-electron chi connectivity index (χ3n) is 2.00. The first kappa shape index (κ1) is 11.7. The summed E-state index contributed by atoms with van der Waals surface area (Å²) in [7, 11) is 1.20. The van der Waals surface area contributed by atoms with Crippen molar-refractivity contribution in [3.63, 3.8) is 0 Å². The van der Waals surface area contributed by atoms with Gasteiger partial charge in [-0.05, 0) is 24.3 Å². The Balaban J connectivity index is 2.25. The van der Waals surface area contributed by atoms with E-state index in [1.807, 2.05) is 0 Å². The smallest absolute Gasteiger partial charge is 0.264 e. The first-order valence-electron chi connectivity index (χ1n) is 4.54. The van der Waals surface area contributed by atoms with Crippen LogP contribution in [0, 0.1) is 5.82 Å². The Morgan fingerprint density at radius 3 is 2.53 bits per heavy atom. The van der Waals surface area contributed by atoms with Gasteiger partial charge in [0.1, 0.15) is 5.82 Å². The number of carbonyl (C=O) groups is 2. The second-order valence-corrected chi connectivity index (χ2v) is 3.78. The number of hydrogen-bond acceptors (Lipinski definition) is 4. The lowest BCUT2D eigenvalue weighted by atomic mass is 10.3. The van der Waals surface area contributed by atoms with Crippen molar-refractivity contribution in [2.24, 2.45) is 0 Å². The van der Waals surface area contributed by atoms with Gasteiger partial charge in [0.15, 0.2) is 0 Å². The molecule has 1 aliphatic rings. The fourth-order valence-corrected chi connectivity index (χ4v) is 1.87. The second-order valence-electron chi connectivity index (χ2n) is 3.03. The highest BCUT2D eigenvalue weighted by molar-refractivity contribution is 8.00. The number of carbonyl (C=O) groups excluding carboxylic acids is 2. The number of hydroxylamine groups is 2. The van der Waals surface area contributed by atoms with Crippen molar-refractivity contribution in [2.75, 3.05) is 11.4 Å². The molecular formula is C9H8FN3O3S. The van der Waals surface area contributed by atoms with E-state index in [1.54, 1.807) is 0 Å². The van der Waals surface area contributed by atoms with Crippen LogP contribution in [-0.2, 0) is 4.84 Å². The Bertz CT molecular complexity index is 453. The summed E-state index contributed by atoms with van der Waals surface area (Å²) < 4.78 is 16.3. The molecule has 8 heteroatoms. The first-order chi connectivity index (χ1) is 8.13. The van der Waals surface area contributed by atoms with Crippen LogP contribution in [0.3, 0.4) is 0 Å². The molecule has 0 aliphatic carbocycles. The zero-order valence-electron chi connectivity index (χ0n) is 8.71. The number of nitrogens with one attached hydrogen (secondary N) is 1. The molecule has 2 rings (SSSR count). The van der Waals surface area contributed by atoms with Gasteiger partial charge in [0.05, 0.1) is 24.9 Å². The van der Waals surface area contributed by atoms with Gasteiger partial charge in [-0.1, -0.05) is 0 Å². The van der Waals surface area contributed by atoms with E-state index < -0.39 is 17.9 Å². The van der Waals surface area contributed by atoms with Crippen LogP contribution in [0.5, 0.6) is 0 Å². The molecule has 1 aromatic carbocycles. The largest absolute Gasteiger partial charge is 0.368 e. The van der Waals surface area contributed by atoms with Crippen molar-refractivity contribution < 1.29 is 18.8 Å². The summed E-state index contributed by atoms with van der Waals surface area (Å²) in [6.45, 7) is 0. The number of nitrogens with zero attached hydrogens (tertiary/aromatic N) is 2. The molecule has 4 amide bonds.